The molecule has 0 aliphatic carbocycles. The zero-order chi connectivity index (χ0) is 11.3. The van der Waals surface area contributed by atoms with Crippen LogP contribution in [-0.2, 0) is 16.0 Å². The molecule has 0 aliphatic rings. The highest BCUT2D eigenvalue weighted by Crippen LogP contribution is 2.17. The molecule has 0 saturated carbocycles. The van der Waals surface area contributed by atoms with Crippen LogP contribution in [0, 0.1) is 0 Å². The van der Waals surface area contributed by atoms with Crippen molar-refractivity contribution in [1.82, 2.24) is 4.98 Å². The molecule has 0 amide bonds. The fraction of sp³-hybridized carbons (Fsp3) is 0.600. The topological polar surface area (TPSA) is 51.2 Å². The smallest absolute Gasteiger partial charge is 0.305 e. The summed E-state index contributed by atoms with van der Waals surface area (Å²) in [5.74, 6) is -0.193. The summed E-state index contributed by atoms with van der Waals surface area (Å²) in [6, 6.07) is 0.379. The fourth-order valence-corrected chi connectivity index (χ4v) is 1.96. The Morgan fingerprint density at radius 2 is 2.40 bits per heavy atom. The Hall–Kier alpha value is -1.10. The lowest BCUT2D eigenvalue weighted by Crippen LogP contribution is -2.09. The maximum atomic E-state index is 10.9. The van der Waals surface area contributed by atoms with E-state index < -0.39 is 0 Å². The number of methoxy groups -OCH3 is 1. The summed E-state index contributed by atoms with van der Waals surface area (Å²) in [6.45, 7) is 4.13. The third-order valence-electron chi connectivity index (χ3n) is 1.78. The largest absolute Gasteiger partial charge is 0.469 e. The molecule has 5 heteroatoms. The third kappa shape index (κ3) is 4.29. The number of anilines is 1. The average molecular weight is 228 g/mol. The minimum absolute atomic E-state index is 0.193. The number of hydrogen-bond acceptors (Lipinski definition) is 5. The Morgan fingerprint density at radius 3 is 3.00 bits per heavy atom. The Balaban J connectivity index is 2.42. The number of nitrogens with zero attached hydrogens (tertiary/aromatic N) is 1. The van der Waals surface area contributed by atoms with Gasteiger partial charge in [0.1, 0.15) is 0 Å². The number of aromatic nitrogens is 1. The summed E-state index contributed by atoms with van der Waals surface area (Å²) in [6.07, 6.45) is 1.03. The molecule has 1 N–H and O–H groups in total. The van der Waals surface area contributed by atoms with E-state index in [9.17, 15) is 4.79 Å². The van der Waals surface area contributed by atoms with E-state index in [4.69, 9.17) is 0 Å². The second-order valence-corrected chi connectivity index (χ2v) is 4.38. The van der Waals surface area contributed by atoms with Crippen LogP contribution in [0.2, 0.25) is 0 Å². The number of carbonyl (C=O) groups excluding carboxylic acids is 1. The van der Waals surface area contributed by atoms with Crippen LogP contribution >= 0.6 is 11.3 Å². The highest BCUT2D eigenvalue weighted by atomic mass is 32.1. The number of aryl methyl sites for hydroxylation is 1. The molecule has 0 saturated heterocycles. The van der Waals surface area contributed by atoms with Gasteiger partial charge in [-0.3, -0.25) is 4.79 Å². The SMILES string of the molecule is COC(=O)CCc1csc(NC(C)C)n1. The van der Waals surface area contributed by atoms with Gasteiger partial charge in [0.25, 0.3) is 0 Å². The molecule has 0 radical (unpaired) electrons. The summed E-state index contributed by atoms with van der Waals surface area (Å²) in [7, 11) is 1.40. The Labute approximate surface area is 93.7 Å². The van der Waals surface area contributed by atoms with Gasteiger partial charge in [-0.25, -0.2) is 4.98 Å². The number of nitrogens with one attached hydrogen (secondary N) is 1. The maximum absolute atomic E-state index is 10.9. The predicted molar refractivity (Wildman–Crippen MR) is 61.2 cm³/mol. The Bertz CT molecular complexity index is 323. The van der Waals surface area contributed by atoms with E-state index in [1.54, 1.807) is 11.3 Å². The standard InChI is InChI=1S/C10H16N2O2S/c1-7(2)11-10-12-8(6-15-10)4-5-9(13)14-3/h6-7H,4-5H2,1-3H3,(H,11,12). The van der Waals surface area contributed by atoms with Crippen LogP contribution < -0.4 is 5.32 Å². The number of hydrogen-bond donors (Lipinski definition) is 1. The molecule has 0 aliphatic heterocycles. The van der Waals surface area contributed by atoms with E-state index in [1.165, 1.54) is 7.11 Å². The van der Waals surface area contributed by atoms with Crippen molar-refractivity contribution in [3.8, 4) is 0 Å². The third-order valence-corrected chi connectivity index (χ3v) is 2.60. The van der Waals surface area contributed by atoms with Crippen molar-refractivity contribution in [2.45, 2.75) is 32.7 Å². The van der Waals surface area contributed by atoms with E-state index in [2.05, 4.69) is 28.9 Å². The molecule has 0 unspecified atom stereocenters. The van der Waals surface area contributed by atoms with Crippen molar-refractivity contribution in [1.29, 1.82) is 0 Å². The van der Waals surface area contributed by atoms with Crippen molar-refractivity contribution < 1.29 is 9.53 Å². The van der Waals surface area contributed by atoms with Gasteiger partial charge in [0.15, 0.2) is 5.13 Å². The molecule has 0 atom stereocenters. The number of esters is 1. The summed E-state index contributed by atoms with van der Waals surface area (Å²) >= 11 is 1.56. The van der Waals surface area contributed by atoms with E-state index in [0.29, 0.717) is 18.9 Å². The average Bonchev–Trinajstić information content (AvgIpc) is 2.61. The summed E-state index contributed by atoms with van der Waals surface area (Å²) in [5, 5.41) is 6.09. The zero-order valence-corrected chi connectivity index (χ0v) is 10.1. The molecule has 1 aromatic heterocycles. The van der Waals surface area contributed by atoms with Crippen molar-refractivity contribution in [2.24, 2.45) is 0 Å². The molecule has 1 aromatic rings. The van der Waals surface area contributed by atoms with Crippen LogP contribution in [0.4, 0.5) is 5.13 Å². The highest BCUT2D eigenvalue weighted by Gasteiger charge is 2.06. The second kappa shape index (κ2) is 5.70. The Kier molecular flexibility index (Phi) is 4.55. The van der Waals surface area contributed by atoms with E-state index in [0.717, 1.165) is 10.8 Å². The zero-order valence-electron chi connectivity index (χ0n) is 9.24. The molecule has 4 nitrogen and oxygen atoms in total. The lowest BCUT2D eigenvalue weighted by molar-refractivity contribution is -0.140. The Morgan fingerprint density at radius 1 is 1.67 bits per heavy atom. The number of thiazole rings is 1. The van der Waals surface area contributed by atoms with Gasteiger partial charge < -0.3 is 10.1 Å². The van der Waals surface area contributed by atoms with Gasteiger partial charge in [-0.1, -0.05) is 0 Å². The van der Waals surface area contributed by atoms with Gasteiger partial charge in [0, 0.05) is 17.8 Å². The van der Waals surface area contributed by atoms with Gasteiger partial charge in [0.2, 0.25) is 0 Å². The van der Waals surface area contributed by atoms with Crippen LogP contribution in [-0.4, -0.2) is 24.1 Å². The van der Waals surface area contributed by atoms with Gasteiger partial charge in [-0.2, -0.15) is 0 Å². The minimum Gasteiger partial charge on any atom is -0.469 e. The fourth-order valence-electron chi connectivity index (χ4n) is 1.07. The molecule has 84 valence electrons. The van der Waals surface area contributed by atoms with Crippen molar-refractivity contribution >= 4 is 22.4 Å². The first-order valence-corrected chi connectivity index (χ1v) is 5.77. The van der Waals surface area contributed by atoms with E-state index >= 15 is 0 Å². The van der Waals surface area contributed by atoms with Crippen molar-refractivity contribution in [2.75, 3.05) is 12.4 Å². The van der Waals surface area contributed by atoms with Crippen LogP contribution in [0.25, 0.3) is 0 Å². The van der Waals surface area contributed by atoms with E-state index in [-0.39, 0.29) is 5.97 Å². The quantitative estimate of drug-likeness (QED) is 0.784. The number of rotatable bonds is 5. The van der Waals surface area contributed by atoms with Crippen LogP contribution in [0.5, 0.6) is 0 Å². The first-order chi connectivity index (χ1) is 7.11. The van der Waals surface area contributed by atoms with Crippen LogP contribution in [0.15, 0.2) is 5.38 Å². The predicted octanol–water partition coefficient (Wildman–Crippen LogP) is 2.07. The van der Waals surface area contributed by atoms with Gasteiger partial charge >= 0.3 is 5.97 Å². The molecular weight excluding hydrogens is 212 g/mol. The lowest BCUT2D eigenvalue weighted by Gasteiger charge is -2.04. The van der Waals surface area contributed by atoms with Crippen LogP contribution in [0.1, 0.15) is 26.0 Å². The van der Waals surface area contributed by atoms with Crippen molar-refractivity contribution in [3.05, 3.63) is 11.1 Å². The molecule has 15 heavy (non-hydrogen) atoms. The molecule has 0 fully saturated rings. The summed E-state index contributed by atoms with van der Waals surface area (Å²) < 4.78 is 4.56. The van der Waals surface area contributed by atoms with Crippen molar-refractivity contribution in [3.63, 3.8) is 0 Å². The molecule has 1 heterocycles. The first-order valence-electron chi connectivity index (χ1n) is 4.89. The van der Waals surface area contributed by atoms with Crippen LogP contribution in [0.3, 0.4) is 0 Å². The normalized spacial score (nSPS) is 10.4. The monoisotopic (exact) mass is 228 g/mol. The van der Waals surface area contributed by atoms with Gasteiger partial charge in [-0.05, 0) is 13.8 Å². The molecule has 1 rings (SSSR count). The first kappa shape index (κ1) is 12.0. The summed E-state index contributed by atoms with van der Waals surface area (Å²) in [5.41, 5.74) is 0.938. The molecule has 0 aromatic carbocycles. The number of carbonyl (C=O) groups is 1. The molecular formula is C10H16N2O2S. The summed E-state index contributed by atoms with van der Waals surface area (Å²) in [4.78, 5) is 15.3. The van der Waals surface area contributed by atoms with Gasteiger partial charge in [-0.15, -0.1) is 11.3 Å². The lowest BCUT2D eigenvalue weighted by atomic mass is 10.2. The molecule has 0 spiro atoms. The highest BCUT2D eigenvalue weighted by molar-refractivity contribution is 7.13. The molecule has 0 bridgehead atoms. The maximum Gasteiger partial charge on any atom is 0.305 e. The minimum atomic E-state index is -0.193. The number of ether oxygens (including phenoxy) is 1. The second-order valence-electron chi connectivity index (χ2n) is 3.52. The van der Waals surface area contributed by atoms with E-state index in [1.807, 2.05) is 5.38 Å². The van der Waals surface area contributed by atoms with Gasteiger partial charge in [0.05, 0.1) is 19.2 Å².